The van der Waals surface area contributed by atoms with Crippen molar-refractivity contribution in [2.45, 2.75) is 26.7 Å². The molecule has 3 rings (SSSR count). The third-order valence-electron chi connectivity index (χ3n) is 4.89. The summed E-state index contributed by atoms with van der Waals surface area (Å²) in [6, 6.07) is 11.5. The number of anilines is 2. The Morgan fingerprint density at radius 2 is 1.74 bits per heavy atom. The van der Waals surface area contributed by atoms with Gasteiger partial charge in [0.2, 0.25) is 5.91 Å². The molecule has 2 aromatic rings. The molecule has 6 nitrogen and oxygen atoms in total. The average molecular weight is 366 g/mol. The van der Waals surface area contributed by atoms with E-state index in [1.807, 2.05) is 35.2 Å². The lowest BCUT2D eigenvalue weighted by Crippen LogP contribution is -2.48. The van der Waals surface area contributed by atoms with Crippen molar-refractivity contribution in [3.63, 3.8) is 0 Å². The fourth-order valence-electron chi connectivity index (χ4n) is 3.27. The van der Waals surface area contributed by atoms with Crippen LogP contribution in [0, 0.1) is 0 Å². The van der Waals surface area contributed by atoms with Crippen LogP contribution in [0.3, 0.4) is 0 Å². The van der Waals surface area contributed by atoms with Crippen LogP contribution < -0.4 is 10.2 Å². The van der Waals surface area contributed by atoms with Crippen LogP contribution in [-0.4, -0.2) is 47.9 Å². The van der Waals surface area contributed by atoms with E-state index in [1.54, 1.807) is 19.2 Å². The maximum atomic E-state index is 12.6. The van der Waals surface area contributed by atoms with Gasteiger partial charge >= 0.3 is 0 Å². The number of pyridine rings is 1. The van der Waals surface area contributed by atoms with Crippen molar-refractivity contribution >= 4 is 23.3 Å². The maximum Gasteiger partial charge on any atom is 0.257 e. The Morgan fingerprint density at radius 1 is 1.04 bits per heavy atom. The smallest absolute Gasteiger partial charge is 0.257 e. The summed E-state index contributed by atoms with van der Waals surface area (Å²) in [7, 11) is 0. The Kier molecular flexibility index (Phi) is 5.74. The molecule has 0 unspecified atom stereocenters. The van der Waals surface area contributed by atoms with Crippen molar-refractivity contribution in [1.82, 2.24) is 9.88 Å². The van der Waals surface area contributed by atoms with Crippen LogP contribution in [0.5, 0.6) is 0 Å². The number of hydrogen-bond acceptors (Lipinski definition) is 4. The van der Waals surface area contributed by atoms with Crippen molar-refractivity contribution in [3.05, 3.63) is 53.7 Å². The predicted molar refractivity (Wildman–Crippen MR) is 107 cm³/mol. The molecule has 0 spiro atoms. The van der Waals surface area contributed by atoms with E-state index in [9.17, 15) is 9.59 Å². The quantitative estimate of drug-likeness (QED) is 0.903. The molecule has 1 aliphatic rings. The topological polar surface area (TPSA) is 65.5 Å². The van der Waals surface area contributed by atoms with Crippen molar-refractivity contribution < 1.29 is 9.59 Å². The molecule has 1 aromatic carbocycles. The Labute approximate surface area is 160 Å². The molecule has 0 atom stereocenters. The van der Waals surface area contributed by atoms with E-state index in [1.165, 1.54) is 0 Å². The number of piperazine rings is 1. The first-order valence-corrected chi connectivity index (χ1v) is 9.32. The van der Waals surface area contributed by atoms with Crippen molar-refractivity contribution in [2.24, 2.45) is 0 Å². The van der Waals surface area contributed by atoms with Crippen LogP contribution in [-0.2, 0) is 4.79 Å². The fraction of sp³-hybridized carbons (Fsp3) is 0.381. The standard InChI is InChI=1S/C21H26N4O2/c1-15(2)18-6-4-5-7-19(18)23-21(27)17-8-9-20(22-14-17)25-12-10-24(11-13-25)16(3)26/h4-9,14-15H,10-13H2,1-3H3,(H,23,27). The summed E-state index contributed by atoms with van der Waals surface area (Å²) in [6.45, 7) is 8.70. The Hall–Kier alpha value is -2.89. The number of nitrogens with zero attached hydrogens (tertiary/aromatic N) is 3. The summed E-state index contributed by atoms with van der Waals surface area (Å²) in [5.41, 5.74) is 2.47. The van der Waals surface area contributed by atoms with Gasteiger partial charge < -0.3 is 15.1 Å². The zero-order valence-electron chi connectivity index (χ0n) is 16.1. The van der Waals surface area contributed by atoms with Gasteiger partial charge in [-0.2, -0.15) is 0 Å². The first-order valence-electron chi connectivity index (χ1n) is 9.32. The molecule has 2 heterocycles. The molecule has 1 N–H and O–H groups in total. The number of nitrogens with one attached hydrogen (secondary N) is 1. The van der Waals surface area contributed by atoms with E-state index >= 15 is 0 Å². The number of carbonyl (C=O) groups excluding carboxylic acids is 2. The van der Waals surface area contributed by atoms with Crippen molar-refractivity contribution in [3.8, 4) is 0 Å². The molecule has 27 heavy (non-hydrogen) atoms. The largest absolute Gasteiger partial charge is 0.353 e. The number of benzene rings is 1. The lowest BCUT2D eigenvalue weighted by molar-refractivity contribution is -0.129. The highest BCUT2D eigenvalue weighted by Gasteiger charge is 2.20. The Bertz CT molecular complexity index is 809. The highest BCUT2D eigenvalue weighted by molar-refractivity contribution is 6.04. The molecule has 2 amide bonds. The number of carbonyl (C=O) groups is 2. The van der Waals surface area contributed by atoms with Gasteiger partial charge in [0.25, 0.3) is 5.91 Å². The molecular formula is C21H26N4O2. The molecule has 0 bridgehead atoms. The minimum absolute atomic E-state index is 0.108. The number of para-hydroxylation sites is 1. The van der Waals surface area contributed by atoms with Crippen molar-refractivity contribution in [2.75, 3.05) is 36.4 Å². The molecular weight excluding hydrogens is 340 g/mol. The first-order chi connectivity index (χ1) is 13.0. The van der Waals surface area contributed by atoms with Crippen LogP contribution >= 0.6 is 0 Å². The number of amides is 2. The molecule has 0 aliphatic carbocycles. The van der Waals surface area contributed by atoms with Crippen LogP contribution in [0.1, 0.15) is 42.6 Å². The molecule has 1 saturated heterocycles. The Balaban J connectivity index is 1.65. The lowest BCUT2D eigenvalue weighted by atomic mass is 10.0. The molecule has 1 aromatic heterocycles. The zero-order chi connectivity index (χ0) is 19.4. The molecule has 0 radical (unpaired) electrons. The molecule has 1 fully saturated rings. The second kappa shape index (κ2) is 8.20. The van der Waals surface area contributed by atoms with E-state index in [4.69, 9.17) is 0 Å². The summed E-state index contributed by atoms with van der Waals surface area (Å²) in [4.78, 5) is 32.4. The molecule has 142 valence electrons. The van der Waals surface area contributed by atoms with Crippen LogP contribution in [0.25, 0.3) is 0 Å². The van der Waals surface area contributed by atoms with Gasteiger partial charge in [-0.3, -0.25) is 9.59 Å². The van der Waals surface area contributed by atoms with Gasteiger partial charge in [-0.25, -0.2) is 4.98 Å². The summed E-state index contributed by atoms with van der Waals surface area (Å²) < 4.78 is 0. The van der Waals surface area contributed by atoms with E-state index in [0.717, 1.165) is 30.2 Å². The van der Waals surface area contributed by atoms with E-state index in [-0.39, 0.29) is 11.8 Å². The third kappa shape index (κ3) is 4.45. The van der Waals surface area contributed by atoms with Gasteiger partial charge in [0.1, 0.15) is 5.82 Å². The SMILES string of the molecule is CC(=O)N1CCN(c2ccc(C(=O)Nc3ccccc3C(C)C)cn2)CC1. The molecule has 1 aliphatic heterocycles. The highest BCUT2D eigenvalue weighted by Crippen LogP contribution is 2.24. The van der Waals surface area contributed by atoms with Crippen LogP contribution in [0.15, 0.2) is 42.6 Å². The van der Waals surface area contributed by atoms with Crippen LogP contribution in [0.2, 0.25) is 0 Å². The summed E-state index contributed by atoms with van der Waals surface area (Å²) in [5.74, 6) is 1.10. The number of aromatic nitrogens is 1. The van der Waals surface area contributed by atoms with Gasteiger partial charge in [-0.05, 0) is 29.7 Å². The second-order valence-corrected chi connectivity index (χ2v) is 7.09. The van der Waals surface area contributed by atoms with Gasteiger partial charge in [0.05, 0.1) is 5.56 Å². The van der Waals surface area contributed by atoms with Gasteiger partial charge in [-0.15, -0.1) is 0 Å². The second-order valence-electron chi connectivity index (χ2n) is 7.09. The third-order valence-corrected chi connectivity index (χ3v) is 4.89. The summed E-state index contributed by atoms with van der Waals surface area (Å²) in [6.07, 6.45) is 1.61. The van der Waals surface area contributed by atoms with Crippen LogP contribution in [0.4, 0.5) is 11.5 Å². The van der Waals surface area contributed by atoms with E-state index in [0.29, 0.717) is 24.6 Å². The van der Waals surface area contributed by atoms with Gasteiger partial charge in [0.15, 0.2) is 0 Å². The fourth-order valence-corrected chi connectivity index (χ4v) is 3.27. The number of hydrogen-bond donors (Lipinski definition) is 1. The maximum absolute atomic E-state index is 12.6. The molecule has 6 heteroatoms. The minimum Gasteiger partial charge on any atom is -0.353 e. The predicted octanol–water partition coefficient (Wildman–Crippen LogP) is 3.13. The normalized spacial score (nSPS) is 14.4. The highest BCUT2D eigenvalue weighted by atomic mass is 16.2. The van der Waals surface area contributed by atoms with Gasteiger partial charge in [-0.1, -0.05) is 32.0 Å². The number of rotatable bonds is 4. The minimum atomic E-state index is -0.163. The van der Waals surface area contributed by atoms with E-state index in [2.05, 4.69) is 29.0 Å². The molecule has 0 saturated carbocycles. The summed E-state index contributed by atoms with van der Waals surface area (Å²) >= 11 is 0. The summed E-state index contributed by atoms with van der Waals surface area (Å²) in [5, 5.41) is 2.99. The Morgan fingerprint density at radius 3 is 2.33 bits per heavy atom. The van der Waals surface area contributed by atoms with Gasteiger partial charge in [0, 0.05) is 45.0 Å². The average Bonchev–Trinajstić information content (AvgIpc) is 2.68. The first kappa shape index (κ1) is 18.9. The lowest BCUT2D eigenvalue weighted by Gasteiger charge is -2.34. The zero-order valence-corrected chi connectivity index (χ0v) is 16.1. The monoisotopic (exact) mass is 366 g/mol. The van der Waals surface area contributed by atoms with Crippen molar-refractivity contribution in [1.29, 1.82) is 0 Å². The van der Waals surface area contributed by atoms with E-state index < -0.39 is 0 Å².